The topological polar surface area (TPSA) is 104 Å². The molecule has 0 radical (unpaired) electrons. The average molecular weight is 330 g/mol. The highest BCUT2D eigenvalue weighted by Gasteiger charge is 2.26. The average Bonchev–Trinajstić information content (AvgIpc) is 3.09. The number of carbonyl (C=O) groups excluding carboxylic acids is 1. The summed E-state index contributed by atoms with van der Waals surface area (Å²) < 4.78 is 5.22. The summed E-state index contributed by atoms with van der Waals surface area (Å²) in [4.78, 5) is 39.7. The Morgan fingerprint density at radius 1 is 1.25 bits per heavy atom. The third-order valence-electron chi connectivity index (χ3n) is 4.29. The number of aromatic amines is 1. The minimum Gasteiger partial charge on any atom is -0.481 e. The van der Waals surface area contributed by atoms with Gasteiger partial charge < -0.3 is 19.4 Å². The first-order valence-electron chi connectivity index (χ1n) is 7.83. The first-order chi connectivity index (χ1) is 11.5. The lowest BCUT2D eigenvalue weighted by atomic mass is 9.93. The molecule has 3 heterocycles. The molecule has 24 heavy (non-hydrogen) atoms. The molecule has 7 nitrogen and oxygen atoms in total. The lowest BCUT2D eigenvalue weighted by molar-refractivity contribution is -0.138. The van der Waals surface area contributed by atoms with Gasteiger partial charge in [0.05, 0.1) is 12.0 Å². The van der Waals surface area contributed by atoms with Gasteiger partial charge in [0.25, 0.3) is 11.5 Å². The lowest BCUT2D eigenvalue weighted by Crippen LogP contribution is -2.40. The van der Waals surface area contributed by atoms with Crippen molar-refractivity contribution in [3.05, 3.63) is 46.4 Å². The molecule has 0 unspecified atom stereocenters. The number of H-pyrrole nitrogens is 1. The highest BCUT2D eigenvalue weighted by molar-refractivity contribution is 5.94. The quantitative estimate of drug-likeness (QED) is 0.892. The summed E-state index contributed by atoms with van der Waals surface area (Å²) >= 11 is 0. The maximum absolute atomic E-state index is 12.5. The minimum absolute atomic E-state index is 0.0852. The number of aromatic nitrogens is 1. The maximum Gasteiger partial charge on any atom is 0.303 e. The van der Waals surface area contributed by atoms with Gasteiger partial charge >= 0.3 is 5.97 Å². The Balaban J connectivity index is 1.70. The fraction of sp³-hybridized carbons (Fsp3) is 0.353. The van der Waals surface area contributed by atoms with E-state index in [1.165, 1.54) is 12.3 Å². The number of pyridine rings is 1. The summed E-state index contributed by atoms with van der Waals surface area (Å²) in [6.45, 7) is 0.937. The maximum atomic E-state index is 12.5. The molecule has 1 fully saturated rings. The van der Waals surface area contributed by atoms with Gasteiger partial charge in [0.1, 0.15) is 11.3 Å². The number of carboxylic acids is 1. The van der Waals surface area contributed by atoms with Crippen molar-refractivity contribution in [3.63, 3.8) is 0 Å². The zero-order valence-corrected chi connectivity index (χ0v) is 13.0. The first kappa shape index (κ1) is 16.0. The van der Waals surface area contributed by atoms with Gasteiger partial charge in [-0.25, -0.2) is 0 Å². The molecule has 0 aromatic carbocycles. The van der Waals surface area contributed by atoms with Crippen LogP contribution in [0.3, 0.4) is 0 Å². The number of rotatable bonds is 4. The van der Waals surface area contributed by atoms with Gasteiger partial charge in [0.2, 0.25) is 0 Å². The van der Waals surface area contributed by atoms with Gasteiger partial charge in [-0.2, -0.15) is 0 Å². The summed E-state index contributed by atoms with van der Waals surface area (Å²) in [5.41, 5.74) is 0.144. The van der Waals surface area contributed by atoms with Crippen LogP contribution in [0.1, 0.15) is 29.6 Å². The summed E-state index contributed by atoms with van der Waals surface area (Å²) in [6, 6.07) is 6.58. The molecule has 3 rings (SSSR count). The monoisotopic (exact) mass is 330 g/mol. The van der Waals surface area contributed by atoms with Gasteiger partial charge in [0.15, 0.2) is 0 Å². The van der Waals surface area contributed by atoms with Crippen LogP contribution in [0.5, 0.6) is 0 Å². The van der Waals surface area contributed by atoms with Gasteiger partial charge in [-0.15, -0.1) is 0 Å². The zero-order chi connectivity index (χ0) is 17.1. The van der Waals surface area contributed by atoms with Crippen LogP contribution in [0.4, 0.5) is 0 Å². The van der Waals surface area contributed by atoms with E-state index >= 15 is 0 Å². The molecule has 0 aliphatic carbocycles. The van der Waals surface area contributed by atoms with Gasteiger partial charge in [-0.1, -0.05) is 0 Å². The summed E-state index contributed by atoms with van der Waals surface area (Å²) in [6.07, 6.45) is 2.91. The van der Waals surface area contributed by atoms with Crippen LogP contribution in [-0.4, -0.2) is 40.0 Å². The molecule has 2 N–H and O–H groups in total. The smallest absolute Gasteiger partial charge is 0.303 e. The molecule has 126 valence electrons. The Kier molecular flexibility index (Phi) is 4.50. The lowest BCUT2D eigenvalue weighted by Gasteiger charge is -2.31. The number of hydrogen-bond acceptors (Lipinski definition) is 4. The molecule has 1 aliphatic heterocycles. The van der Waals surface area contributed by atoms with E-state index in [-0.39, 0.29) is 23.8 Å². The van der Waals surface area contributed by atoms with Crippen molar-refractivity contribution in [2.45, 2.75) is 19.3 Å². The third kappa shape index (κ3) is 3.40. The van der Waals surface area contributed by atoms with Crippen molar-refractivity contribution < 1.29 is 19.1 Å². The Hall–Kier alpha value is -2.83. The first-order valence-corrected chi connectivity index (χ1v) is 7.83. The second-order valence-electron chi connectivity index (χ2n) is 5.93. The number of carboxylic acid groups (broad SMARTS) is 1. The number of amides is 1. The molecule has 2 aromatic rings. The molecule has 2 aromatic heterocycles. The van der Waals surface area contributed by atoms with Crippen LogP contribution in [-0.2, 0) is 4.79 Å². The Morgan fingerprint density at radius 2 is 2.00 bits per heavy atom. The molecule has 0 bridgehead atoms. The zero-order valence-electron chi connectivity index (χ0n) is 13.0. The highest BCUT2D eigenvalue weighted by Crippen LogP contribution is 2.22. The van der Waals surface area contributed by atoms with Crippen molar-refractivity contribution >= 4 is 11.9 Å². The molecule has 1 aliphatic rings. The molecule has 0 saturated carbocycles. The number of hydrogen-bond donors (Lipinski definition) is 2. The number of likely N-dealkylation sites (tertiary alicyclic amines) is 1. The predicted molar refractivity (Wildman–Crippen MR) is 85.6 cm³/mol. The summed E-state index contributed by atoms with van der Waals surface area (Å²) in [5.74, 6) is -0.521. The molecule has 1 saturated heterocycles. The molecule has 7 heteroatoms. The van der Waals surface area contributed by atoms with Crippen LogP contribution in [0.15, 0.2) is 39.7 Å². The van der Waals surface area contributed by atoms with E-state index in [1.807, 2.05) is 0 Å². The summed E-state index contributed by atoms with van der Waals surface area (Å²) in [7, 11) is 0. The minimum atomic E-state index is -0.815. The van der Waals surface area contributed by atoms with Crippen LogP contribution < -0.4 is 5.56 Å². The number of furan rings is 1. The van der Waals surface area contributed by atoms with Crippen molar-refractivity contribution in [1.82, 2.24) is 9.88 Å². The second-order valence-corrected chi connectivity index (χ2v) is 5.93. The number of piperidine rings is 1. The van der Waals surface area contributed by atoms with Gasteiger partial charge in [-0.3, -0.25) is 14.4 Å². The fourth-order valence-corrected chi connectivity index (χ4v) is 2.98. The molecular formula is C17H18N2O5. The largest absolute Gasteiger partial charge is 0.481 e. The highest BCUT2D eigenvalue weighted by atomic mass is 16.4. The second kappa shape index (κ2) is 6.74. The van der Waals surface area contributed by atoms with E-state index in [9.17, 15) is 14.4 Å². The van der Waals surface area contributed by atoms with E-state index < -0.39 is 11.5 Å². The van der Waals surface area contributed by atoms with Gasteiger partial charge in [-0.05, 0) is 43.0 Å². The van der Waals surface area contributed by atoms with Crippen molar-refractivity contribution in [2.24, 2.45) is 5.92 Å². The molecule has 0 atom stereocenters. The molecular weight excluding hydrogens is 312 g/mol. The number of carbonyl (C=O) groups is 2. The SMILES string of the molecule is O=C(O)CC1CCN(C(=O)c2ccc(-c3ccco3)[nH]c2=O)CC1. The van der Waals surface area contributed by atoms with E-state index in [0.29, 0.717) is 37.4 Å². The Labute approximate surface area is 137 Å². The summed E-state index contributed by atoms with van der Waals surface area (Å²) in [5, 5.41) is 8.83. The van der Waals surface area contributed by atoms with E-state index in [4.69, 9.17) is 9.52 Å². The standard InChI is InChI=1S/C17H18N2O5/c20-15(21)10-11-5-7-19(8-6-11)17(23)12-3-4-13(18-16(12)22)14-2-1-9-24-14/h1-4,9,11H,5-8,10H2,(H,18,22)(H,20,21). The van der Waals surface area contributed by atoms with Crippen molar-refractivity contribution in [3.8, 4) is 11.5 Å². The van der Waals surface area contributed by atoms with Crippen LogP contribution in [0, 0.1) is 5.92 Å². The third-order valence-corrected chi connectivity index (χ3v) is 4.29. The van der Waals surface area contributed by atoms with Crippen molar-refractivity contribution in [1.29, 1.82) is 0 Å². The Morgan fingerprint density at radius 3 is 2.58 bits per heavy atom. The molecule has 1 amide bonds. The van der Waals surface area contributed by atoms with Crippen molar-refractivity contribution in [2.75, 3.05) is 13.1 Å². The number of nitrogens with zero attached hydrogens (tertiary/aromatic N) is 1. The number of nitrogens with one attached hydrogen (secondary N) is 1. The van der Waals surface area contributed by atoms with E-state index in [1.54, 1.807) is 23.1 Å². The molecule has 0 spiro atoms. The predicted octanol–water partition coefficient (Wildman–Crippen LogP) is 1.96. The normalized spacial score (nSPS) is 15.4. The Bertz CT molecular complexity index is 786. The van der Waals surface area contributed by atoms with E-state index in [0.717, 1.165) is 0 Å². The van der Waals surface area contributed by atoms with E-state index in [2.05, 4.69) is 4.98 Å². The van der Waals surface area contributed by atoms with Crippen LogP contribution >= 0.6 is 0 Å². The fourth-order valence-electron chi connectivity index (χ4n) is 2.98. The van der Waals surface area contributed by atoms with Crippen LogP contribution in [0.2, 0.25) is 0 Å². The number of aliphatic carboxylic acids is 1. The van der Waals surface area contributed by atoms with Crippen LogP contribution in [0.25, 0.3) is 11.5 Å². The van der Waals surface area contributed by atoms with Gasteiger partial charge in [0, 0.05) is 19.5 Å².